The summed E-state index contributed by atoms with van der Waals surface area (Å²) in [5, 5.41) is 2.89. The Balaban J connectivity index is 2.50. The lowest BCUT2D eigenvalue weighted by Crippen LogP contribution is -2.52. The van der Waals surface area contributed by atoms with Crippen molar-refractivity contribution in [1.29, 1.82) is 0 Å². The highest BCUT2D eigenvalue weighted by atomic mass is 32.2. The molecule has 186 valence electrons. The van der Waals surface area contributed by atoms with E-state index in [9.17, 15) is 18.0 Å². The zero-order chi connectivity index (χ0) is 25.5. The number of aryl methyl sites for hydroxylation is 3. The highest BCUT2D eigenvalue weighted by Gasteiger charge is 2.32. The van der Waals surface area contributed by atoms with Crippen LogP contribution in [0.3, 0.4) is 0 Å². The third-order valence-electron chi connectivity index (χ3n) is 5.91. The Morgan fingerprint density at radius 3 is 2.06 bits per heavy atom. The molecular weight excluding hydrogens is 450 g/mol. The maximum absolute atomic E-state index is 13.7. The largest absolute Gasteiger partial charge is 0.354 e. The van der Waals surface area contributed by atoms with Gasteiger partial charge < -0.3 is 10.2 Å². The summed E-state index contributed by atoms with van der Waals surface area (Å²) < 4.78 is 26.7. The summed E-state index contributed by atoms with van der Waals surface area (Å²) >= 11 is 0. The first-order chi connectivity index (χ1) is 16.0. The zero-order valence-corrected chi connectivity index (χ0v) is 21.9. The predicted molar refractivity (Wildman–Crippen MR) is 137 cm³/mol. The summed E-state index contributed by atoms with van der Waals surface area (Å²) in [5.74, 6) is -0.654. The molecule has 0 radical (unpaired) electrons. The summed E-state index contributed by atoms with van der Waals surface area (Å²) in [4.78, 5) is 28.2. The van der Waals surface area contributed by atoms with Gasteiger partial charge in [0.05, 0.1) is 11.9 Å². The monoisotopic (exact) mass is 487 g/mol. The van der Waals surface area contributed by atoms with Gasteiger partial charge in [0.15, 0.2) is 0 Å². The molecule has 7 nitrogen and oxygen atoms in total. The van der Waals surface area contributed by atoms with E-state index in [4.69, 9.17) is 0 Å². The number of amides is 2. The van der Waals surface area contributed by atoms with E-state index in [0.717, 1.165) is 39.2 Å². The van der Waals surface area contributed by atoms with Crippen molar-refractivity contribution < 1.29 is 18.0 Å². The average molecular weight is 488 g/mol. The first kappa shape index (κ1) is 27.4. The second kappa shape index (κ2) is 12.0. The van der Waals surface area contributed by atoms with Gasteiger partial charge in [-0.15, -0.1) is 0 Å². The van der Waals surface area contributed by atoms with E-state index in [2.05, 4.69) is 5.32 Å². The van der Waals surface area contributed by atoms with Crippen molar-refractivity contribution in [2.45, 2.75) is 60.0 Å². The molecule has 2 aromatic rings. The first-order valence-corrected chi connectivity index (χ1v) is 13.5. The Morgan fingerprint density at radius 2 is 1.53 bits per heavy atom. The van der Waals surface area contributed by atoms with Gasteiger partial charge in [0, 0.05) is 13.1 Å². The molecule has 0 saturated heterocycles. The Morgan fingerprint density at radius 1 is 0.941 bits per heavy atom. The second-order valence-electron chi connectivity index (χ2n) is 8.67. The number of carbonyl (C=O) groups excluding carboxylic acids is 2. The number of hydrogen-bond acceptors (Lipinski definition) is 4. The molecule has 0 saturated carbocycles. The molecule has 2 aromatic carbocycles. The van der Waals surface area contributed by atoms with Crippen LogP contribution in [0.2, 0.25) is 0 Å². The molecule has 0 bridgehead atoms. The van der Waals surface area contributed by atoms with Crippen molar-refractivity contribution in [3.63, 3.8) is 0 Å². The molecule has 1 atom stereocenters. The van der Waals surface area contributed by atoms with Crippen molar-refractivity contribution in [3.8, 4) is 0 Å². The minimum Gasteiger partial charge on any atom is -0.354 e. The van der Waals surface area contributed by atoms with Crippen LogP contribution in [0.1, 0.15) is 48.9 Å². The van der Waals surface area contributed by atoms with E-state index in [1.165, 1.54) is 4.90 Å². The molecule has 8 heteroatoms. The third kappa shape index (κ3) is 6.82. The predicted octanol–water partition coefficient (Wildman–Crippen LogP) is 3.71. The maximum Gasteiger partial charge on any atom is 0.244 e. The lowest BCUT2D eigenvalue weighted by atomic mass is 10.1. The molecule has 1 unspecified atom stereocenters. The van der Waals surface area contributed by atoms with E-state index in [1.807, 2.05) is 77.1 Å². The smallest absolute Gasteiger partial charge is 0.244 e. The average Bonchev–Trinajstić information content (AvgIpc) is 2.77. The van der Waals surface area contributed by atoms with Crippen LogP contribution in [0.15, 0.2) is 42.5 Å². The number of rotatable bonds is 11. The molecule has 2 rings (SSSR count). The lowest BCUT2D eigenvalue weighted by Gasteiger charge is -2.33. The normalized spacial score (nSPS) is 12.2. The van der Waals surface area contributed by atoms with Gasteiger partial charge >= 0.3 is 0 Å². The number of hydrogen-bond donors (Lipinski definition) is 1. The summed E-state index contributed by atoms with van der Waals surface area (Å²) in [7, 11) is -3.75. The molecule has 34 heavy (non-hydrogen) atoms. The molecule has 0 fully saturated rings. The molecule has 2 amide bonds. The fourth-order valence-corrected chi connectivity index (χ4v) is 5.00. The van der Waals surface area contributed by atoms with Crippen molar-refractivity contribution in [1.82, 2.24) is 10.2 Å². The number of nitrogens with one attached hydrogen (secondary N) is 1. The van der Waals surface area contributed by atoms with Gasteiger partial charge in [0.2, 0.25) is 21.8 Å². The van der Waals surface area contributed by atoms with Crippen molar-refractivity contribution in [3.05, 3.63) is 64.7 Å². The van der Waals surface area contributed by atoms with Gasteiger partial charge in [-0.05, 0) is 55.9 Å². The summed E-state index contributed by atoms with van der Waals surface area (Å²) in [6.45, 7) is 9.77. The van der Waals surface area contributed by atoms with Crippen LogP contribution in [0.25, 0.3) is 0 Å². The second-order valence-corrected chi connectivity index (χ2v) is 10.6. The van der Waals surface area contributed by atoms with E-state index in [-0.39, 0.29) is 19.0 Å². The van der Waals surface area contributed by atoms with Crippen LogP contribution in [0, 0.1) is 20.8 Å². The number of nitrogens with zero attached hydrogens (tertiary/aromatic N) is 2. The number of sulfonamides is 1. The molecule has 0 spiro atoms. The standard InChI is InChI=1S/C26H37N3O4S/c1-7-16-27-26(31)23(8-2)28(17-22-15-10-9-12-19(22)3)24(30)18-29(34(6,32)33)25-20(4)13-11-14-21(25)5/h9-15,23H,7-8,16-18H2,1-6H3,(H,27,31). The zero-order valence-electron chi connectivity index (χ0n) is 21.1. The van der Waals surface area contributed by atoms with Crippen LogP contribution in [0.4, 0.5) is 5.69 Å². The third-order valence-corrected chi connectivity index (χ3v) is 7.02. The SMILES string of the molecule is CCCNC(=O)C(CC)N(Cc1ccccc1C)C(=O)CN(c1c(C)cccc1C)S(C)(=O)=O. The summed E-state index contributed by atoms with van der Waals surface area (Å²) in [6, 6.07) is 12.5. The van der Waals surface area contributed by atoms with Gasteiger partial charge in [0.25, 0.3) is 0 Å². The van der Waals surface area contributed by atoms with Crippen LogP contribution in [-0.4, -0.2) is 50.5 Å². The molecule has 0 aromatic heterocycles. The van der Waals surface area contributed by atoms with E-state index in [1.54, 1.807) is 0 Å². The highest BCUT2D eigenvalue weighted by molar-refractivity contribution is 7.92. The van der Waals surface area contributed by atoms with Gasteiger partial charge in [-0.1, -0.05) is 56.3 Å². The van der Waals surface area contributed by atoms with Crippen LogP contribution < -0.4 is 9.62 Å². The Hall–Kier alpha value is -2.87. The molecule has 0 aliphatic carbocycles. The quantitative estimate of drug-likeness (QED) is 0.523. The minimum absolute atomic E-state index is 0.216. The first-order valence-electron chi connectivity index (χ1n) is 11.7. The molecule has 0 aliphatic rings. The highest BCUT2D eigenvalue weighted by Crippen LogP contribution is 2.27. The van der Waals surface area contributed by atoms with Crippen molar-refractivity contribution >= 4 is 27.5 Å². The molecule has 1 N–H and O–H groups in total. The number of anilines is 1. The number of benzene rings is 2. The Kier molecular flexibility index (Phi) is 9.67. The Labute approximate surface area is 204 Å². The van der Waals surface area contributed by atoms with E-state index in [0.29, 0.717) is 18.7 Å². The summed E-state index contributed by atoms with van der Waals surface area (Å²) in [6.07, 6.45) is 2.29. The molecular formula is C26H37N3O4S. The van der Waals surface area contributed by atoms with E-state index < -0.39 is 22.0 Å². The number of carbonyl (C=O) groups is 2. The minimum atomic E-state index is -3.75. The van der Waals surface area contributed by atoms with Gasteiger partial charge in [-0.3, -0.25) is 13.9 Å². The van der Waals surface area contributed by atoms with Gasteiger partial charge in [-0.2, -0.15) is 0 Å². The fraction of sp³-hybridized carbons (Fsp3) is 0.462. The molecule has 0 heterocycles. The van der Waals surface area contributed by atoms with Crippen LogP contribution >= 0.6 is 0 Å². The van der Waals surface area contributed by atoms with Crippen molar-refractivity contribution in [2.24, 2.45) is 0 Å². The summed E-state index contributed by atoms with van der Waals surface area (Å²) in [5.41, 5.74) is 3.93. The van der Waals surface area contributed by atoms with Crippen LogP contribution in [-0.2, 0) is 26.2 Å². The van der Waals surface area contributed by atoms with Gasteiger partial charge in [-0.25, -0.2) is 8.42 Å². The lowest BCUT2D eigenvalue weighted by molar-refractivity contribution is -0.140. The van der Waals surface area contributed by atoms with E-state index >= 15 is 0 Å². The van der Waals surface area contributed by atoms with Crippen LogP contribution in [0.5, 0.6) is 0 Å². The number of para-hydroxylation sites is 1. The molecule has 0 aliphatic heterocycles. The maximum atomic E-state index is 13.7. The van der Waals surface area contributed by atoms with Gasteiger partial charge in [0.1, 0.15) is 12.6 Å². The van der Waals surface area contributed by atoms with Crippen molar-refractivity contribution in [2.75, 3.05) is 23.7 Å². The Bertz CT molecular complexity index is 1090. The fourth-order valence-electron chi connectivity index (χ4n) is 4.03. The topological polar surface area (TPSA) is 86.8 Å².